The monoisotopic (exact) mass is 470 g/mol. The first-order valence-electron chi connectivity index (χ1n) is 9.62. The molecule has 0 saturated carbocycles. The molecule has 0 spiro atoms. The average molecular weight is 471 g/mol. The van der Waals surface area contributed by atoms with Crippen LogP contribution in [0.25, 0.3) is 10.2 Å². The number of anilines is 1. The summed E-state index contributed by atoms with van der Waals surface area (Å²) in [5, 5.41) is 10.3. The number of hydrogen-bond donors (Lipinski definition) is 2. The predicted molar refractivity (Wildman–Crippen MR) is 128 cm³/mol. The van der Waals surface area contributed by atoms with Crippen molar-refractivity contribution < 1.29 is 13.5 Å². The Kier molecular flexibility index (Phi) is 5.72. The number of aromatic nitrogens is 1. The summed E-state index contributed by atoms with van der Waals surface area (Å²) in [6, 6.07) is 14.5. The molecular formula is C23H22N2O3S3. The highest BCUT2D eigenvalue weighted by Gasteiger charge is 2.22. The molecule has 0 radical (unpaired) electrons. The molecule has 0 atom stereocenters. The van der Waals surface area contributed by atoms with Crippen LogP contribution in [0.4, 0.5) is 5.69 Å². The van der Waals surface area contributed by atoms with Crippen molar-refractivity contribution in [1.82, 2.24) is 4.98 Å². The number of phenolic OH excluding ortho intramolecular Hbond substituents is 1. The number of benzene rings is 3. The van der Waals surface area contributed by atoms with Crippen LogP contribution in [0.1, 0.15) is 22.3 Å². The summed E-state index contributed by atoms with van der Waals surface area (Å²) in [5.41, 5.74) is 4.62. The van der Waals surface area contributed by atoms with Crippen LogP contribution in [0.5, 0.6) is 5.75 Å². The van der Waals surface area contributed by atoms with E-state index in [9.17, 15) is 13.5 Å². The maximum absolute atomic E-state index is 13.2. The summed E-state index contributed by atoms with van der Waals surface area (Å²) in [4.78, 5) is 5.41. The summed E-state index contributed by atoms with van der Waals surface area (Å²) in [6.45, 7) is 7.46. The fraction of sp³-hybridized carbons (Fsp3) is 0.174. The van der Waals surface area contributed by atoms with E-state index in [0.717, 1.165) is 36.8 Å². The second-order valence-electron chi connectivity index (χ2n) is 7.43. The van der Waals surface area contributed by atoms with Gasteiger partial charge in [-0.25, -0.2) is 13.4 Å². The molecule has 160 valence electrons. The van der Waals surface area contributed by atoms with E-state index in [-0.39, 0.29) is 5.75 Å². The molecule has 0 aliphatic carbocycles. The number of thiazole rings is 1. The van der Waals surface area contributed by atoms with Gasteiger partial charge in [-0.3, -0.25) is 4.72 Å². The number of aryl methyl sites for hydroxylation is 2. The van der Waals surface area contributed by atoms with Crippen LogP contribution in [-0.4, -0.2) is 18.5 Å². The first-order chi connectivity index (χ1) is 14.7. The van der Waals surface area contributed by atoms with Crippen molar-refractivity contribution in [2.75, 3.05) is 4.72 Å². The Hall–Kier alpha value is -2.55. The third-order valence-corrected chi connectivity index (χ3v) is 9.05. The number of aromatic hydroxyl groups is 1. The molecule has 2 N–H and O–H groups in total. The lowest BCUT2D eigenvalue weighted by Crippen LogP contribution is -2.17. The molecule has 1 heterocycles. The number of nitrogens with one attached hydrogen (secondary N) is 1. The lowest BCUT2D eigenvalue weighted by atomic mass is 10.0. The highest BCUT2D eigenvalue weighted by atomic mass is 32.2. The van der Waals surface area contributed by atoms with Gasteiger partial charge in [0.05, 0.1) is 25.7 Å². The van der Waals surface area contributed by atoms with E-state index < -0.39 is 10.0 Å². The van der Waals surface area contributed by atoms with E-state index in [0.29, 0.717) is 15.5 Å². The Balaban J connectivity index is 1.67. The molecule has 0 saturated heterocycles. The van der Waals surface area contributed by atoms with Gasteiger partial charge in [0.15, 0.2) is 4.34 Å². The fourth-order valence-electron chi connectivity index (χ4n) is 3.44. The van der Waals surface area contributed by atoms with Gasteiger partial charge >= 0.3 is 0 Å². The molecule has 0 bridgehead atoms. The first kappa shape index (κ1) is 21.7. The second kappa shape index (κ2) is 8.18. The van der Waals surface area contributed by atoms with Crippen molar-refractivity contribution in [3.63, 3.8) is 0 Å². The van der Waals surface area contributed by atoms with Crippen molar-refractivity contribution >= 4 is 49.0 Å². The maximum Gasteiger partial charge on any atom is 0.262 e. The van der Waals surface area contributed by atoms with Crippen molar-refractivity contribution in [3.8, 4) is 5.75 Å². The number of nitrogens with zero attached hydrogens (tertiary/aromatic N) is 1. The fourth-order valence-corrected chi connectivity index (χ4v) is 7.20. The highest BCUT2D eigenvalue weighted by molar-refractivity contribution is 8.01. The van der Waals surface area contributed by atoms with E-state index in [1.807, 2.05) is 58.0 Å². The van der Waals surface area contributed by atoms with Crippen LogP contribution < -0.4 is 4.72 Å². The molecule has 0 aliphatic rings. The molecule has 4 rings (SSSR count). The molecule has 0 unspecified atom stereocenters. The van der Waals surface area contributed by atoms with E-state index in [4.69, 9.17) is 0 Å². The van der Waals surface area contributed by atoms with Gasteiger partial charge in [-0.15, -0.1) is 11.3 Å². The van der Waals surface area contributed by atoms with Crippen LogP contribution in [0, 0.1) is 27.7 Å². The van der Waals surface area contributed by atoms with E-state index in [1.54, 1.807) is 12.1 Å². The molecule has 31 heavy (non-hydrogen) atoms. The third kappa shape index (κ3) is 4.28. The van der Waals surface area contributed by atoms with Gasteiger partial charge in [0.25, 0.3) is 10.0 Å². The van der Waals surface area contributed by atoms with E-state index in [2.05, 4.69) is 9.71 Å². The van der Waals surface area contributed by atoms with Crippen molar-refractivity contribution in [2.45, 2.75) is 41.8 Å². The zero-order chi connectivity index (χ0) is 22.3. The van der Waals surface area contributed by atoms with Crippen LogP contribution >= 0.6 is 23.1 Å². The predicted octanol–water partition coefficient (Wildman–Crippen LogP) is 6.19. The first-order valence-corrected chi connectivity index (χ1v) is 12.7. The molecular weight excluding hydrogens is 448 g/mol. The average Bonchev–Trinajstić information content (AvgIpc) is 3.11. The molecule has 1 aromatic heterocycles. The van der Waals surface area contributed by atoms with Crippen molar-refractivity contribution in [3.05, 3.63) is 70.8 Å². The Morgan fingerprint density at radius 1 is 0.968 bits per heavy atom. The van der Waals surface area contributed by atoms with Crippen LogP contribution in [-0.2, 0) is 10.0 Å². The minimum Gasteiger partial charge on any atom is -0.507 e. The van der Waals surface area contributed by atoms with Gasteiger partial charge in [-0.05, 0) is 80.3 Å². The van der Waals surface area contributed by atoms with Gasteiger partial charge in [0, 0.05) is 0 Å². The molecule has 4 aromatic rings. The maximum atomic E-state index is 13.2. The van der Waals surface area contributed by atoms with Crippen LogP contribution in [0.2, 0.25) is 0 Å². The summed E-state index contributed by atoms with van der Waals surface area (Å²) < 4.78 is 31.0. The van der Waals surface area contributed by atoms with E-state index >= 15 is 0 Å². The standard InChI is InChI=1S/C23H22N2O3S3/c1-13-11-14(2)16(4)22(15(13)3)31(27,28)25-17-9-10-19(26)21(12-17)30-23-24-18-7-5-6-8-20(18)29-23/h5-12,25-26H,1-4H3. The second-order valence-corrected chi connectivity index (χ2v) is 11.4. The van der Waals surface area contributed by atoms with Gasteiger partial charge in [-0.2, -0.15) is 0 Å². The minimum atomic E-state index is -3.80. The molecule has 8 heteroatoms. The molecule has 0 fully saturated rings. The smallest absolute Gasteiger partial charge is 0.262 e. The van der Waals surface area contributed by atoms with Gasteiger partial charge in [0.2, 0.25) is 0 Å². The Labute approximate surface area is 190 Å². The number of rotatable bonds is 5. The Morgan fingerprint density at radius 3 is 2.32 bits per heavy atom. The number of para-hydroxylation sites is 1. The summed E-state index contributed by atoms with van der Waals surface area (Å²) in [5.74, 6) is 0.0750. The number of fused-ring (bicyclic) bond motifs is 1. The Morgan fingerprint density at radius 2 is 1.65 bits per heavy atom. The summed E-state index contributed by atoms with van der Waals surface area (Å²) >= 11 is 2.84. The molecule has 0 amide bonds. The largest absolute Gasteiger partial charge is 0.507 e. The number of phenols is 1. The SMILES string of the molecule is Cc1cc(C)c(C)c(S(=O)(=O)Nc2ccc(O)c(Sc3nc4ccccc4s3)c2)c1C. The third-order valence-electron chi connectivity index (χ3n) is 5.25. The van der Waals surface area contributed by atoms with Crippen LogP contribution in [0.3, 0.4) is 0 Å². The topological polar surface area (TPSA) is 79.3 Å². The van der Waals surface area contributed by atoms with Gasteiger partial charge < -0.3 is 5.11 Å². The molecule has 0 aliphatic heterocycles. The van der Waals surface area contributed by atoms with Crippen molar-refractivity contribution in [2.24, 2.45) is 0 Å². The van der Waals surface area contributed by atoms with Crippen LogP contribution in [0.15, 0.2) is 62.7 Å². The Bertz CT molecular complexity index is 1350. The van der Waals surface area contributed by atoms with Gasteiger partial charge in [0.1, 0.15) is 5.75 Å². The number of sulfonamides is 1. The normalized spacial score (nSPS) is 11.7. The molecule has 3 aromatic carbocycles. The van der Waals surface area contributed by atoms with Crippen molar-refractivity contribution in [1.29, 1.82) is 0 Å². The van der Waals surface area contributed by atoms with Gasteiger partial charge in [-0.1, -0.05) is 30.0 Å². The highest BCUT2D eigenvalue weighted by Crippen LogP contribution is 2.40. The number of hydrogen-bond acceptors (Lipinski definition) is 6. The lowest BCUT2D eigenvalue weighted by molar-refractivity contribution is 0.462. The minimum absolute atomic E-state index is 0.0750. The lowest BCUT2D eigenvalue weighted by Gasteiger charge is -2.17. The molecule has 5 nitrogen and oxygen atoms in total. The zero-order valence-corrected chi connectivity index (χ0v) is 20.0. The summed E-state index contributed by atoms with van der Waals surface area (Å²) in [6.07, 6.45) is 0. The zero-order valence-electron chi connectivity index (χ0n) is 17.6. The summed E-state index contributed by atoms with van der Waals surface area (Å²) in [7, 11) is -3.80. The van der Waals surface area contributed by atoms with E-state index in [1.165, 1.54) is 29.2 Å². The quantitative estimate of drug-likeness (QED) is 0.340.